The number of alkyl halides is 3. The average Bonchev–Trinajstić information content (AvgIpc) is 3.32. The number of hydrogen-bond acceptors (Lipinski definition) is 4. The number of para-hydroxylation sites is 1. The van der Waals surface area contributed by atoms with Crippen LogP contribution >= 0.6 is 11.6 Å². The third-order valence-corrected chi connectivity index (χ3v) is 7.81. The highest BCUT2D eigenvalue weighted by molar-refractivity contribution is 7.92. The Bertz CT molecular complexity index is 1560. The van der Waals surface area contributed by atoms with Gasteiger partial charge < -0.3 is 9.88 Å². The molecule has 0 atom stereocenters. The Hall–Kier alpha value is -3.83. The molecule has 1 amide bonds. The number of anilines is 1. The van der Waals surface area contributed by atoms with Crippen LogP contribution in [-0.2, 0) is 27.5 Å². The number of benzene rings is 3. The molecule has 0 aliphatic heterocycles. The second-order valence-corrected chi connectivity index (χ2v) is 10.5. The monoisotopic (exact) mass is 562 g/mol. The number of aromatic nitrogens is 2. The molecule has 1 heterocycles. The van der Waals surface area contributed by atoms with Gasteiger partial charge in [-0.05, 0) is 48.9 Å². The molecule has 3 aromatic carbocycles. The molecule has 0 fully saturated rings. The number of amides is 1. The second kappa shape index (κ2) is 10.9. The van der Waals surface area contributed by atoms with E-state index in [1.54, 1.807) is 30.6 Å². The lowest BCUT2D eigenvalue weighted by molar-refractivity contribution is -0.137. The minimum atomic E-state index is -4.75. The molecule has 0 bridgehead atoms. The minimum Gasteiger partial charge on any atom is -0.350 e. The Morgan fingerprint density at radius 1 is 1.05 bits per heavy atom. The van der Waals surface area contributed by atoms with E-state index >= 15 is 0 Å². The average molecular weight is 563 g/mol. The van der Waals surface area contributed by atoms with Gasteiger partial charge in [0, 0.05) is 18.9 Å². The summed E-state index contributed by atoms with van der Waals surface area (Å²) in [5, 5.41) is 2.41. The highest BCUT2D eigenvalue weighted by atomic mass is 35.5. The van der Waals surface area contributed by atoms with Gasteiger partial charge >= 0.3 is 6.18 Å². The molecule has 4 rings (SSSR count). The van der Waals surface area contributed by atoms with E-state index in [4.69, 9.17) is 11.6 Å². The standard InChI is InChI=1S/C26H22ClF3N4O3S/c1-18-31-13-14-33(18)23-10-6-5-7-19(23)16-32-25(35)17-34(38(36,37)21-8-3-2-4-9-21)24-15-20(26(28,29)30)11-12-22(24)27/h2-15H,16-17H2,1H3,(H,32,35). The van der Waals surface area contributed by atoms with Crippen LogP contribution in [-0.4, -0.2) is 30.4 Å². The summed E-state index contributed by atoms with van der Waals surface area (Å²) in [4.78, 5) is 17.0. The van der Waals surface area contributed by atoms with Crippen molar-refractivity contribution >= 4 is 33.2 Å². The molecule has 7 nitrogen and oxygen atoms in total. The van der Waals surface area contributed by atoms with E-state index in [0.29, 0.717) is 10.4 Å². The van der Waals surface area contributed by atoms with Crippen LogP contribution in [0.5, 0.6) is 0 Å². The number of nitrogens with one attached hydrogen (secondary N) is 1. The topological polar surface area (TPSA) is 84.3 Å². The van der Waals surface area contributed by atoms with Crippen LogP contribution in [0.15, 0.2) is 90.1 Å². The normalized spacial score (nSPS) is 11.8. The van der Waals surface area contributed by atoms with Crippen LogP contribution in [0.2, 0.25) is 5.02 Å². The van der Waals surface area contributed by atoms with Crippen molar-refractivity contribution in [2.75, 3.05) is 10.8 Å². The van der Waals surface area contributed by atoms with Gasteiger partial charge in [0.05, 0.1) is 26.9 Å². The number of carbonyl (C=O) groups excluding carboxylic acids is 1. The molecule has 4 aromatic rings. The first kappa shape index (κ1) is 27.2. The first-order chi connectivity index (χ1) is 18.0. The Morgan fingerprint density at radius 3 is 2.39 bits per heavy atom. The molecule has 0 radical (unpaired) electrons. The maximum Gasteiger partial charge on any atom is 0.416 e. The number of rotatable bonds is 8. The second-order valence-electron chi connectivity index (χ2n) is 8.24. The molecular formula is C26H22ClF3N4O3S. The zero-order valence-electron chi connectivity index (χ0n) is 20.0. The fourth-order valence-corrected chi connectivity index (χ4v) is 5.53. The van der Waals surface area contributed by atoms with E-state index in [1.165, 1.54) is 24.3 Å². The molecule has 38 heavy (non-hydrogen) atoms. The van der Waals surface area contributed by atoms with Gasteiger partial charge in [-0.3, -0.25) is 9.10 Å². The van der Waals surface area contributed by atoms with E-state index < -0.39 is 39.9 Å². The van der Waals surface area contributed by atoms with Crippen LogP contribution in [0.3, 0.4) is 0 Å². The molecule has 0 saturated heterocycles. The number of carbonyl (C=O) groups is 1. The van der Waals surface area contributed by atoms with Crippen molar-refractivity contribution in [3.05, 3.63) is 107 Å². The quantitative estimate of drug-likeness (QED) is 0.313. The van der Waals surface area contributed by atoms with Crippen molar-refractivity contribution in [2.24, 2.45) is 0 Å². The molecule has 12 heteroatoms. The van der Waals surface area contributed by atoms with E-state index in [0.717, 1.165) is 29.2 Å². The van der Waals surface area contributed by atoms with Crippen LogP contribution in [0.25, 0.3) is 5.69 Å². The van der Waals surface area contributed by atoms with Crippen molar-refractivity contribution < 1.29 is 26.4 Å². The Morgan fingerprint density at radius 2 is 1.74 bits per heavy atom. The Kier molecular flexibility index (Phi) is 7.79. The molecule has 0 unspecified atom stereocenters. The van der Waals surface area contributed by atoms with Gasteiger partial charge in [0.15, 0.2) is 0 Å². The molecule has 1 aromatic heterocycles. The van der Waals surface area contributed by atoms with E-state index in [1.807, 2.05) is 23.6 Å². The van der Waals surface area contributed by atoms with Gasteiger partial charge in [0.2, 0.25) is 5.91 Å². The van der Waals surface area contributed by atoms with Gasteiger partial charge in [-0.2, -0.15) is 13.2 Å². The zero-order chi connectivity index (χ0) is 27.5. The number of imidazole rings is 1. The molecule has 1 N–H and O–H groups in total. The van der Waals surface area contributed by atoms with Crippen LogP contribution < -0.4 is 9.62 Å². The van der Waals surface area contributed by atoms with E-state index in [-0.39, 0.29) is 16.5 Å². The summed E-state index contributed by atoms with van der Waals surface area (Å²) in [7, 11) is -4.46. The van der Waals surface area contributed by atoms with Crippen LogP contribution in [0.1, 0.15) is 17.0 Å². The summed E-state index contributed by atoms with van der Waals surface area (Å²) in [6.07, 6.45) is -1.35. The summed E-state index contributed by atoms with van der Waals surface area (Å²) >= 11 is 6.17. The predicted octanol–water partition coefficient (Wildman–Crippen LogP) is 5.36. The molecular weight excluding hydrogens is 541 g/mol. The van der Waals surface area contributed by atoms with Crippen molar-refractivity contribution in [3.8, 4) is 5.69 Å². The first-order valence-electron chi connectivity index (χ1n) is 11.3. The number of halogens is 4. The van der Waals surface area contributed by atoms with Gasteiger partial charge in [-0.25, -0.2) is 13.4 Å². The summed E-state index contributed by atoms with van der Waals surface area (Å²) in [6, 6.07) is 16.6. The maximum atomic E-state index is 13.5. The summed E-state index contributed by atoms with van der Waals surface area (Å²) in [6.45, 7) is 1.05. The summed E-state index contributed by atoms with van der Waals surface area (Å²) in [5.41, 5.74) is -0.0841. The summed E-state index contributed by atoms with van der Waals surface area (Å²) < 4.78 is 69.7. The third kappa shape index (κ3) is 5.84. The van der Waals surface area contributed by atoms with Crippen molar-refractivity contribution in [1.29, 1.82) is 0 Å². The molecule has 0 aliphatic rings. The molecule has 0 spiro atoms. The van der Waals surface area contributed by atoms with Crippen LogP contribution in [0.4, 0.5) is 18.9 Å². The zero-order valence-corrected chi connectivity index (χ0v) is 21.6. The highest BCUT2D eigenvalue weighted by Gasteiger charge is 2.34. The van der Waals surface area contributed by atoms with Gasteiger partial charge in [-0.15, -0.1) is 0 Å². The van der Waals surface area contributed by atoms with Crippen molar-refractivity contribution in [3.63, 3.8) is 0 Å². The van der Waals surface area contributed by atoms with Gasteiger partial charge in [0.25, 0.3) is 10.0 Å². The number of sulfonamides is 1. The van der Waals surface area contributed by atoms with Gasteiger partial charge in [0.1, 0.15) is 12.4 Å². The fraction of sp³-hybridized carbons (Fsp3) is 0.154. The van der Waals surface area contributed by atoms with Crippen LogP contribution in [0, 0.1) is 6.92 Å². The highest BCUT2D eigenvalue weighted by Crippen LogP contribution is 2.37. The van der Waals surface area contributed by atoms with E-state index in [2.05, 4.69) is 10.3 Å². The Balaban J connectivity index is 1.66. The first-order valence-corrected chi connectivity index (χ1v) is 13.1. The smallest absolute Gasteiger partial charge is 0.350 e. The predicted molar refractivity (Wildman–Crippen MR) is 138 cm³/mol. The molecule has 0 aliphatic carbocycles. The Labute approximate surface area is 222 Å². The number of nitrogens with zero attached hydrogens (tertiary/aromatic N) is 3. The largest absolute Gasteiger partial charge is 0.416 e. The lowest BCUT2D eigenvalue weighted by atomic mass is 10.1. The molecule has 0 saturated carbocycles. The maximum absolute atomic E-state index is 13.5. The number of aryl methyl sites for hydroxylation is 1. The lowest BCUT2D eigenvalue weighted by Crippen LogP contribution is -2.41. The van der Waals surface area contributed by atoms with E-state index in [9.17, 15) is 26.4 Å². The van der Waals surface area contributed by atoms with Crippen molar-refractivity contribution in [2.45, 2.75) is 24.5 Å². The number of hydrogen-bond donors (Lipinski definition) is 1. The van der Waals surface area contributed by atoms with Gasteiger partial charge in [-0.1, -0.05) is 48.0 Å². The fourth-order valence-electron chi connectivity index (χ4n) is 3.81. The SMILES string of the molecule is Cc1nccn1-c1ccccc1CNC(=O)CN(c1cc(C(F)(F)F)ccc1Cl)S(=O)(=O)c1ccccc1. The van der Waals surface area contributed by atoms with Crippen molar-refractivity contribution in [1.82, 2.24) is 14.9 Å². The molecule has 198 valence electrons. The third-order valence-electron chi connectivity index (χ3n) is 5.71. The lowest BCUT2D eigenvalue weighted by Gasteiger charge is -2.26. The summed E-state index contributed by atoms with van der Waals surface area (Å²) in [5.74, 6) is -0.0155. The minimum absolute atomic E-state index is 0.0299.